The number of pyridine rings is 1. The van der Waals surface area contributed by atoms with Gasteiger partial charge in [-0.1, -0.05) is 13.0 Å². The first kappa shape index (κ1) is 15.8. The molecule has 1 N–H and O–H groups in total. The van der Waals surface area contributed by atoms with Crippen LogP contribution in [-0.4, -0.2) is 48.5 Å². The van der Waals surface area contributed by atoms with Crippen molar-refractivity contribution in [1.82, 2.24) is 15.2 Å². The number of amides is 1. The van der Waals surface area contributed by atoms with E-state index in [1.807, 2.05) is 17.2 Å². The van der Waals surface area contributed by atoms with E-state index in [-0.39, 0.29) is 11.9 Å². The molecule has 2 rings (SSSR count). The summed E-state index contributed by atoms with van der Waals surface area (Å²) in [6, 6.07) is 4.42. The summed E-state index contributed by atoms with van der Waals surface area (Å²) in [6.45, 7) is 10.3. The maximum absolute atomic E-state index is 11.5. The van der Waals surface area contributed by atoms with Crippen molar-refractivity contribution in [2.24, 2.45) is 0 Å². The van der Waals surface area contributed by atoms with Crippen LogP contribution in [0.1, 0.15) is 38.8 Å². The lowest BCUT2D eigenvalue weighted by atomic mass is 10.1. The van der Waals surface area contributed by atoms with Gasteiger partial charge in [-0.05, 0) is 26.0 Å². The molecule has 1 fully saturated rings. The average Bonchev–Trinajstić information content (AvgIpc) is 2.73. The molecule has 0 radical (unpaired) electrons. The summed E-state index contributed by atoms with van der Waals surface area (Å²) >= 11 is 0. The molecular formula is C16H26N4O. The molecule has 116 valence electrons. The molecule has 5 nitrogen and oxygen atoms in total. The first-order valence-electron chi connectivity index (χ1n) is 7.82. The Bertz CT molecular complexity index is 477. The fourth-order valence-corrected chi connectivity index (χ4v) is 2.87. The summed E-state index contributed by atoms with van der Waals surface area (Å²) in [5.74, 6) is 1.22. The maximum Gasteiger partial charge on any atom is 0.219 e. The van der Waals surface area contributed by atoms with Gasteiger partial charge in [0.05, 0.1) is 0 Å². The Balaban J connectivity index is 2.16. The largest absolute Gasteiger partial charge is 0.355 e. The monoisotopic (exact) mass is 290 g/mol. The zero-order chi connectivity index (χ0) is 15.2. The first-order chi connectivity index (χ1) is 10.1. The van der Waals surface area contributed by atoms with Crippen LogP contribution < -0.4 is 10.2 Å². The third kappa shape index (κ3) is 3.94. The van der Waals surface area contributed by atoms with Crippen LogP contribution in [0.3, 0.4) is 0 Å². The number of nitrogens with one attached hydrogen (secondary N) is 1. The van der Waals surface area contributed by atoms with E-state index < -0.39 is 0 Å². The molecule has 5 heteroatoms. The van der Waals surface area contributed by atoms with Gasteiger partial charge < -0.3 is 15.1 Å². The SMILES string of the molecule is CCNC(C)c1cccnc1N1CCCN(C(C)=O)CC1. The van der Waals surface area contributed by atoms with E-state index >= 15 is 0 Å². The van der Waals surface area contributed by atoms with Gasteiger partial charge in [-0.3, -0.25) is 4.79 Å². The molecule has 1 aliphatic rings. The van der Waals surface area contributed by atoms with E-state index in [1.165, 1.54) is 5.56 Å². The van der Waals surface area contributed by atoms with E-state index in [9.17, 15) is 4.79 Å². The van der Waals surface area contributed by atoms with Gasteiger partial charge in [-0.15, -0.1) is 0 Å². The molecule has 2 heterocycles. The van der Waals surface area contributed by atoms with Gasteiger partial charge in [-0.25, -0.2) is 4.98 Å². The van der Waals surface area contributed by atoms with Crippen LogP contribution in [0, 0.1) is 0 Å². The maximum atomic E-state index is 11.5. The van der Waals surface area contributed by atoms with E-state index in [4.69, 9.17) is 0 Å². The van der Waals surface area contributed by atoms with E-state index in [2.05, 4.69) is 35.1 Å². The summed E-state index contributed by atoms with van der Waals surface area (Å²) < 4.78 is 0. The second kappa shape index (κ2) is 7.41. The standard InChI is InChI=1S/C16H26N4O/c1-4-17-13(2)15-7-5-8-18-16(15)20-10-6-9-19(11-12-20)14(3)21/h5,7-8,13,17H,4,6,9-12H2,1-3H3. The first-order valence-corrected chi connectivity index (χ1v) is 7.82. The molecule has 0 aliphatic carbocycles. The third-order valence-corrected chi connectivity index (χ3v) is 4.03. The summed E-state index contributed by atoms with van der Waals surface area (Å²) in [5, 5.41) is 3.45. The number of hydrogen-bond acceptors (Lipinski definition) is 4. The summed E-state index contributed by atoms with van der Waals surface area (Å²) in [7, 11) is 0. The predicted molar refractivity (Wildman–Crippen MR) is 85.4 cm³/mol. The van der Waals surface area contributed by atoms with Crippen molar-refractivity contribution in [3.8, 4) is 0 Å². The molecule has 21 heavy (non-hydrogen) atoms. The van der Waals surface area contributed by atoms with Crippen molar-refractivity contribution in [3.05, 3.63) is 23.9 Å². The molecular weight excluding hydrogens is 264 g/mol. The van der Waals surface area contributed by atoms with Crippen LogP contribution in [0.2, 0.25) is 0 Å². The fourth-order valence-electron chi connectivity index (χ4n) is 2.87. The predicted octanol–water partition coefficient (Wildman–Crippen LogP) is 1.81. The van der Waals surface area contributed by atoms with Crippen molar-refractivity contribution in [1.29, 1.82) is 0 Å². The number of carbonyl (C=O) groups is 1. The number of carbonyl (C=O) groups excluding carboxylic acids is 1. The van der Waals surface area contributed by atoms with E-state index in [0.29, 0.717) is 0 Å². The Morgan fingerprint density at radius 2 is 2.19 bits per heavy atom. The molecule has 1 aromatic heterocycles. The lowest BCUT2D eigenvalue weighted by Gasteiger charge is -2.26. The van der Waals surface area contributed by atoms with Crippen LogP contribution >= 0.6 is 0 Å². The van der Waals surface area contributed by atoms with Crippen LogP contribution in [0.15, 0.2) is 18.3 Å². The zero-order valence-electron chi connectivity index (χ0n) is 13.3. The van der Waals surface area contributed by atoms with E-state index in [1.54, 1.807) is 6.92 Å². The van der Waals surface area contributed by atoms with Gasteiger partial charge in [0.15, 0.2) is 0 Å². The van der Waals surface area contributed by atoms with Crippen molar-refractivity contribution < 1.29 is 4.79 Å². The van der Waals surface area contributed by atoms with Gasteiger partial charge >= 0.3 is 0 Å². The minimum absolute atomic E-state index is 0.166. The van der Waals surface area contributed by atoms with E-state index in [0.717, 1.165) is 45.0 Å². The van der Waals surface area contributed by atoms with Crippen molar-refractivity contribution >= 4 is 11.7 Å². The van der Waals surface area contributed by atoms with Crippen LogP contribution in [-0.2, 0) is 4.79 Å². The number of anilines is 1. The minimum atomic E-state index is 0.166. The highest BCUT2D eigenvalue weighted by molar-refractivity contribution is 5.73. The highest BCUT2D eigenvalue weighted by Crippen LogP contribution is 2.24. The van der Waals surface area contributed by atoms with Crippen LogP contribution in [0.25, 0.3) is 0 Å². The molecule has 1 aromatic rings. The third-order valence-electron chi connectivity index (χ3n) is 4.03. The molecule has 1 unspecified atom stereocenters. The molecule has 0 saturated carbocycles. The lowest BCUT2D eigenvalue weighted by Crippen LogP contribution is -2.34. The summed E-state index contributed by atoms with van der Waals surface area (Å²) in [4.78, 5) is 20.4. The molecule has 1 aliphatic heterocycles. The van der Waals surface area contributed by atoms with Crippen LogP contribution in [0.5, 0.6) is 0 Å². The summed E-state index contributed by atoms with van der Waals surface area (Å²) in [6.07, 6.45) is 2.84. The smallest absolute Gasteiger partial charge is 0.219 e. The molecule has 1 amide bonds. The molecule has 0 spiro atoms. The van der Waals surface area contributed by atoms with Gasteiger partial charge in [0.25, 0.3) is 0 Å². The van der Waals surface area contributed by atoms with Gasteiger partial charge in [0, 0.05) is 50.9 Å². The second-order valence-corrected chi connectivity index (χ2v) is 5.54. The number of hydrogen-bond donors (Lipinski definition) is 1. The molecule has 0 aromatic carbocycles. The van der Waals surface area contributed by atoms with Gasteiger partial charge in [-0.2, -0.15) is 0 Å². The van der Waals surface area contributed by atoms with Crippen molar-refractivity contribution in [3.63, 3.8) is 0 Å². The van der Waals surface area contributed by atoms with Crippen molar-refractivity contribution in [2.75, 3.05) is 37.6 Å². The Morgan fingerprint density at radius 3 is 2.90 bits per heavy atom. The van der Waals surface area contributed by atoms with Crippen molar-refractivity contribution in [2.45, 2.75) is 33.2 Å². The fraction of sp³-hybridized carbons (Fsp3) is 0.625. The quantitative estimate of drug-likeness (QED) is 0.919. The van der Waals surface area contributed by atoms with Gasteiger partial charge in [0.1, 0.15) is 5.82 Å². The normalized spacial score (nSPS) is 17.5. The minimum Gasteiger partial charge on any atom is -0.355 e. The lowest BCUT2D eigenvalue weighted by molar-refractivity contribution is -0.128. The average molecular weight is 290 g/mol. The molecule has 1 atom stereocenters. The Labute approximate surface area is 127 Å². The molecule has 1 saturated heterocycles. The highest BCUT2D eigenvalue weighted by atomic mass is 16.2. The summed E-state index contributed by atoms with van der Waals surface area (Å²) in [5.41, 5.74) is 1.23. The number of rotatable bonds is 4. The second-order valence-electron chi connectivity index (χ2n) is 5.54. The Kier molecular flexibility index (Phi) is 5.56. The number of aromatic nitrogens is 1. The Morgan fingerprint density at radius 1 is 1.38 bits per heavy atom. The van der Waals surface area contributed by atoms with Gasteiger partial charge in [0.2, 0.25) is 5.91 Å². The highest BCUT2D eigenvalue weighted by Gasteiger charge is 2.20. The number of nitrogens with zero attached hydrogens (tertiary/aromatic N) is 3. The zero-order valence-corrected chi connectivity index (χ0v) is 13.3. The Hall–Kier alpha value is -1.62. The van der Waals surface area contributed by atoms with Crippen LogP contribution in [0.4, 0.5) is 5.82 Å². The topological polar surface area (TPSA) is 48.5 Å². The molecule has 0 bridgehead atoms.